The van der Waals surface area contributed by atoms with Crippen molar-refractivity contribution < 1.29 is 13.2 Å². The molecule has 0 bridgehead atoms. The molecule has 1 unspecified atom stereocenters. The second kappa shape index (κ2) is 8.23. The van der Waals surface area contributed by atoms with Gasteiger partial charge < -0.3 is 5.32 Å². The summed E-state index contributed by atoms with van der Waals surface area (Å²) in [4.78, 5) is 17.7. The first-order chi connectivity index (χ1) is 15.3. The molecule has 4 aromatic rings. The van der Waals surface area contributed by atoms with Crippen LogP contribution in [0.15, 0.2) is 46.0 Å². The van der Waals surface area contributed by atoms with Crippen LogP contribution in [0.4, 0.5) is 5.82 Å². The number of sulfonamides is 1. The van der Waals surface area contributed by atoms with E-state index >= 15 is 0 Å². The van der Waals surface area contributed by atoms with Crippen molar-refractivity contribution in [1.82, 2.24) is 19.1 Å². The van der Waals surface area contributed by atoms with Gasteiger partial charge in [-0.05, 0) is 43.3 Å². The van der Waals surface area contributed by atoms with E-state index in [4.69, 9.17) is 11.6 Å². The van der Waals surface area contributed by atoms with Gasteiger partial charge in [0, 0.05) is 12.6 Å². The molecule has 0 saturated carbocycles. The Labute approximate surface area is 197 Å². The third-order valence-corrected chi connectivity index (χ3v) is 9.77. The van der Waals surface area contributed by atoms with Gasteiger partial charge in [-0.15, -0.1) is 11.3 Å². The molecule has 32 heavy (non-hydrogen) atoms. The first-order valence-electron chi connectivity index (χ1n) is 9.83. The van der Waals surface area contributed by atoms with Crippen molar-refractivity contribution in [3.63, 3.8) is 0 Å². The van der Waals surface area contributed by atoms with Crippen molar-refractivity contribution in [3.8, 4) is 5.13 Å². The van der Waals surface area contributed by atoms with Crippen LogP contribution in [0.2, 0.25) is 5.02 Å². The molecule has 1 aliphatic rings. The van der Waals surface area contributed by atoms with Gasteiger partial charge in [-0.1, -0.05) is 35.1 Å². The predicted octanol–water partition coefficient (Wildman–Crippen LogP) is 4.30. The van der Waals surface area contributed by atoms with Crippen molar-refractivity contribution in [1.29, 1.82) is 0 Å². The lowest BCUT2D eigenvalue weighted by molar-refractivity contribution is -0.119. The molecule has 8 nitrogen and oxygen atoms in total. The Hall–Kier alpha value is -2.31. The smallest absolute Gasteiger partial charge is 0.253 e. The van der Waals surface area contributed by atoms with Crippen molar-refractivity contribution in [2.75, 3.05) is 11.9 Å². The molecule has 1 aromatic carbocycles. The molecule has 12 heteroatoms. The van der Waals surface area contributed by atoms with E-state index in [9.17, 15) is 13.2 Å². The van der Waals surface area contributed by atoms with Crippen molar-refractivity contribution in [3.05, 3.63) is 52.5 Å². The normalized spacial score (nSPS) is 17.2. The van der Waals surface area contributed by atoms with Gasteiger partial charge in [-0.3, -0.25) is 4.79 Å². The minimum atomic E-state index is -3.72. The Bertz CT molecular complexity index is 1410. The number of thiazole rings is 1. The van der Waals surface area contributed by atoms with E-state index in [0.717, 1.165) is 16.0 Å². The number of anilines is 1. The number of fused-ring (bicyclic) bond motifs is 1. The molecule has 1 saturated heterocycles. The number of para-hydroxylation sites is 1. The number of nitrogens with one attached hydrogen (secondary N) is 1. The van der Waals surface area contributed by atoms with E-state index in [2.05, 4.69) is 15.4 Å². The van der Waals surface area contributed by atoms with Crippen LogP contribution in [-0.4, -0.2) is 46.0 Å². The number of hydrogen-bond donors (Lipinski definition) is 1. The standard InChI is InChI=1S/C20H18ClN5O3S3/c1-12-11-16(26(24-12)20-23-18-13(21)5-2-7-15(18)31-20)22-19(27)14-6-3-9-25(14)32(28,29)17-8-4-10-30-17/h2,4-5,7-8,10-11,14H,3,6,9H2,1H3,(H,22,27). The van der Waals surface area contributed by atoms with Crippen LogP contribution in [0, 0.1) is 6.92 Å². The topological polar surface area (TPSA) is 97.2 Å². The van der Waals surface area contributed by atoms with E-state index in [1.54, 1.807) is 34.3 Å². The summed E-state index contributed by atoms with van der Waals surface area (Å²) in [6.45, 7) is 2.13. The molecular weight excluding hydrogens is 490 g/mol. The Morgan fingerprint density at radius 2 is 2.12 bits per heavy atom. The van der Waals surface area contributed by atoms with Crippen LogP contribution in [0.1, 0.15) is 18.5 Å². The zero-order valence-electron chi connectivity index (χ0n) is 16.9. The first kappa shape index (κ1) is 21.5. The minimum Gasteiger partial charge on any atom is -0.309 e. The summed E-state index contributed by atoms with van der Waals surface area (Å²) in [6, 6.07) is 9.75. The Balaban J connectivity index is 1.44. The lowest BCUT2D eigenvalue weighted by Crippen LogP contribution is -2.43. The second-order valence-electron chi connectivity index (χ2n) is 7.36. The van der Waals surface area contributed by atoms with Gasteiger partial charge in [0.15, 0.2) is 0 Å². The first-order valence-corrected chi connectivity index (χ1v) is 13.3. The number of benzene rings is 1. The summed E-state index contributed by atoms with van der Waals surface area (Å²) in [5, 5.41) is 10.2. The lowest BCUT2D eigenvalue weighted by atomic mass is 10.2. The summed E-state index contributed by atoms with van der Waals surface area (Å²) in [5.41, 5.74) is 1.36. The molecule has 0 aliphatic carbocycles. The molecule has 1 amide bonds. The molecule has 1 aliphatic heterocycles. The molecule has 3 aromatic heterocycles. The SMILES string of the molecule is Cc1cc(NC(=O)C2CCCN2S(=O)(=O)c2cccs2)n(-c2nc3c(Cl)cccc3s2)n1. The van der Waals surface area contributed by atoms with Gasteiger partial charge in [0.05, 0.1) is 15.4 Å². The number of hydrogen-bond acceptors (Lipinski definition) is 7. The fraction of sp³-hybridized carbons (Fsp3) is 0.250. The zero-order chi connectivity index (χ0) is 22.5. The highest BCUT2D eigenvalue weighted by Crippen LogP contribution is 2.32. The Morgan fingerprint density at radius 3 is 2.88 bits per heavy atom. The van der Waals surface area contributed by atoms with Crippen LogP contribution >= 0.6 is 34.3 Å². The van der Waals surface area contributed by atoms with Gasteiger partial charge in [0.1, 0.15) is 21.6 Å². The summed E-state index contributed by atoms with van der Waals surface area (Å²) >= 11 is 8.81. The van der Waals surface area contributed by atoms with Crippen molar-refractivity contribution >= 4 is 66.2 Å². The number of amides is 1. The van der Waals surface area contributed by atoms with Crippen molar-refractivity contribution in [2.45, 2.75) is 30.0 Å². The van der Waals surface area contributed by atoms with E-state index in [1.165, 1.54) is 15.6 Å². The van der Waals surface area contributed by atoms with Crippen LogP contribution < -0.4 is 5.32 Å². The largest absolute Gasteiger partial charge is 0.309 e. The molecule has 1 fully saturated rings. The second-order valence-corrected chi connectivity index (χ2v) is 11.8. The highest BCUT2D eigenvalue weighted by molar-refractivity contribution is 7.91. The third-order valence-electron chi connectivity index (χ3n) is 5.19. The van der Waals surface area contributed by atoms with Gasteiger partial charge >= 0.3 is 0 Å². The highest BCUT2D eigenvalue weighted by Gasteiger charge is 2.40. The molecular formula is C20H18ClN5O3S3. The number of nitrogens with zero attached hydrogens (tertiary/aromatic N) is 4. The number of carbonyl (C=O) groups is 1. The molecule has 0 spiro atoms. The van der Waals surface area contributed by atoms with E-state index in [1.807, 2.05) is 19.1 Å². The maximum Gasteiger partial charge on any atom is 0.253 e. The van der Waals surface area contributed by atoms with E-state index < -0.39 is 16.1 Å². The Kier molecular flexibility index (Phi) is 5.54. The van der Waals surface area contributed by atoms with Gasteiger partial charge in [0.2, 0.25) is 11.0 Å². The number of rotatable bonds is 5. The average molecular weight is 508 g/mol. The molecule has 1 atom stereocenters. The van der Waals surface area contributed by atoms with E-state index in [0.29, 0.717) is 46.6 Å². The van der Waals surface area contributed by atoms with Crippen LogP contribution in [-0.2, 0) is 14.8 Å². The minimum absolute atomic E-state index is 0.240. The maximum atomic E-state index is 13.2. The van der Waals surface area contributed by atoms with Gasteiger partial charge in [-0.25, -0.2) is 13.4 Å². The monoisotopic (exact) mass is 507 g/mol. The fourth-order valence-electron chi connectivity index (χ4n) is 3.75. The van der Waals surface area contributed by atoms with Gasteiger partial charge in [0.25, 0.3) is 10.0 Å². The van der Waals surface area contributed by atoms with Crippen LogP contribution in [0.5, 0.6) is 0 Å². The fourth-order valence-corrected chi connectivity index (χ4v) is 7.76. The summed E-state index contributed by atoms with van der Waals surface area (Å²) in [7, 11) is -3.72. The highest BCUT2D eigenvalue weighted by atomic mass is 35.5. The number of aromatic nitrogens is 3. The average Bonchev–Trinajstić information content (AvgIpc) is 3.53. The van der Waals surface area contributed by atoms with Gasteiger partial charge in [-0.2, -0.15) is 14.1 Å². The number of halogens is 1. The number of carbonyl (C=O) groups excluding carboxylic acids is 1. The van der Waals surface area contributed by atoms with Crippen molar-refractivity contribution in [2.24, 2.45) is 0 Å². The van der Waals surface area contributed by atoms with E-state index in [-0.39, 0.29) is 10.1 Å². The quantitative estimate of drug-likeness (QED) is 0.434. The Morgan fingerprint density at radius 1 is 1.28 bits per heavy atom. The number of aryl methyl sites for hydroxylation is 1. The molecule has 1 N–H and O–H groups in total. The third kappa shape index (κ3) is 3.73. The summed E-state index contributed by atoms with van der Waals surface area (Å²) < 4.78 is 30.0. The molecule has 4 heterocycles. The van der Waals surface area contributed by atoms with Crippen LogP contribution in [0.25, 0.3) is 15.3 Å². The maximum absolute atomic E-state index is 13.2. The molecule has 0 radical (unpaired) electrons. The molecule has 166 valence electrons. The van der Waals surface area contributed by atoms with Crippen LogP contribution in [0.3, 0.4) is 0 Å². The summed E-state index contributed by atoms with van der Waals surface area (Å²) in [5.74, 6) is 0.0472. The predicted molar refractivity (Wildman–Crippen MR) is 126 cm³/mol. The lowest BCUT2D eigenvalue weighted by Gasteiger charge is -2.22. The number of thiophene rings is 1. The zero-order valence-corrected chi connectivity index (χ0v) is 20.1. The summed E-state index contributed by atoms with van der Waals surface area (Å²) in [6.07, 6.45) is 1.08. The molecule has 5 rings (SSSR count).